The molecule has 23 heavy (non-hydrogen) atoms. The van der Waals surface area contributed by atoms with Gasteiger partial charge in [-0.15, -0.1) is 0 Å². The molecule has 0 aromatic heterocycles. The van der Waals surface area contributed by atoms with Gasteiger partial charge in [0.2, 0.25) is 0 Å². The highest BCUT2D eigenvalue weighted by Gasteiger charge is 2.09. The van der Waals surface area contributed by atoms with Crippen molar-refractivity contribution in [1.29, 1.82) is 0 Å². The van der Waals surface area contributed by atoms with Crippen molar-refractivity contribution in [2.45, 2.75) is 20.0 Å². The third-order valence-electron chi connectivity index (χ3n) is 3.79. The van der Waals surface area contributed by atoms with E-state index in [0.717, 1.165) is 25.2 Å². The first-order valence-electron chi connectivity index (χ1n) is 7.75. The molecule has 0 bridgehead atoms. The molecule has 2 aromatic carbocycles. The van der Waals surface area contributed by atoms with Gasteiger partial charge in [-0.25, -0.2) is 0 Å². The van der Waals surface area contributed by atoms with Crippen LogP contribution in [0, 0.1) is 6.92 Å². The number of aromatic hydroxyl groups is 1. The van der Waals surface area contributed by atoms with Gasteiger partial charge in [-0.2, -0.15) is 0 Å². The van der Waals surface area contributed by atoms with Crippen LogP contribution in [-0.2, 0) is 17.8 Å². The van der Waals surface area contributed by atoms with E-state index in [9.17, 15) is 5.11 Å². The summed E-state index contributed by atoms with van der Waals surface area (Å²) >= 11 is 0. The second-order valence-electron chi connectivity index (χ2n) is 5.70. The molecule has 0 unspecified atom stereocenters. The summed E-state index contributed by atoms with van der Waals surface area (Å²) in [7, 11) is 3.26. The van der Waals surface area contributed by atoms with Crippen molar-refractivity contribution in [1.82, 2.24) is 4.90 Å². The highest BCUT2D eigenvalue weighted by Crippen LogP contribution is 2.27. The zero-order chi connectivity index (χ0) is 16.7. The van der Waals surface area contributed by atoms with Crippen LogP contribution < -0.4 is 4.74 Å². The van der Waals surface area contributed by atoms with Crippen molar-refractivity contribution in [3.63, 3.8) is 0 Å². The Kier molecular flexibility index (Phi) is 6.44. The zero-order valence-corrected chi connectivity index (χ0v) is 14.1. The van der Waals surface area contributed by atoms with E-state index >= 15 is 0 Å². The molecule has 0 amide bonds. The molecule has 0 aliphatic heterocycles. The van der Waals surface area contributed by atoms with E-state index in [2.05, 4.69) is 36.1 Å². The fourth-order valence-electron chi connectivity index (χ4n) is 2.48. The van der Waals surface area contributed by atoms with Crippen molar-refractivity contribution < 1.29 is 14.6 Å². The van der Waals surface area contributed by atoms with E-state index in [4.69, 9.17) is 9.47 Å². The first-order chi connectivity index (χ1) is 11.1. The van der Waals surface area contributed by atoms with Crippen LogP contribution in [0.3, 0.4) is 0 Å². The van der Waals surface area contributed by atoms with E-state index < -0.39 is 0 Å². The minimum absolute atomic E-state index is 0.173. The van der Waals surface area contributed by atoms with Crippen LogP contribution in [0.25, 0.3) is 0 Å². The Balaban J connectivity index is 2.08. The quantitative estimate of drug-likeness (QED) is 0.811. The number of methoxy groups -OCH3 is 2. The Labute approximate surface area is 138 Å². The van der Waals surface area contributed by atoms with Crippen LogP contribution in [0.5, 0.6) is 11.5 Å². The number of ether oxygens (including phenoxy) is 2. The molecule has 0 heterocycles. The number of rotatable bonds is 8. The van der Waals surface area contributed by atoms with E-state index in [1.807, 2.05) is 6.07 Å². The van der Waals surface area contributed by atoms with Gasteiger partial charge in [-0.3, -0.25) is 4.90 Å². The minimum atomic E-state index is 0.173. The smallest absolute Gasteiger partial charge is 0.160 e. The summed E-state index contributed by atoms with van der Waals surface area (Å²) in [5, 5.41) is 9.93. The topological polar surface area (TPSA) is 41.9 Å². The normalized spacial score (nSPS) is 11.0. The highest BCUT2D eigenvalue weighted by atomic mass is 16.5. The van der Waals surface area contributed by atoms with Gasteiger partial charge in [0.1, 0.15) is 0 Å². The molecule has 0 radical (unpaired) electrons. The van der Waals surface area contributed by atoms with Crippen LogP contribution in [-0.4, -0.2) is 37.4 Å². The molecule has 4 nitrogen and oxygen atoms in total. The largest absolute Gasteiger partial charge is 0.504 e. The zero-order valence-electron chi connectivity index (χ0n) is 14.1. The van der Waals surface area contributed by atoms with Crippen LogP contribution in [0.4, 0.5) is 0 Å². The third kappa shape index (κ3) is 5.27. The summed E-state index contributed by atoms with van der Waals surface area (Å²) in [6, 6.07) is 14.1. The van der Waals surface area contributed by atoms with Gasteiger partial charge in [-0.05, 0) is 30.2 Å². The standard InChI is InChI=1S/C19H25NO3/c1-15-4-6-16(7-5-15)13-20(10-11-22-2)14-17-8-9-19(23-3)18(21)12-17/h4-9,12,21H,10-11,13-14H2,1-3H3. The Hall–Kier alpha value is -2.04. The van der Waals surface area contributed by atoms with E-state index in [-0.39, 0.29) is 5.75 Å². The summed E-state index contributed by atoms with van der Waals surface area (Å²) in [5.41, 5.74) is 3.58. The Morgan fingerprint density at radius 3 is 2.22 bits per heavy atom. The Morgan fingerprint density at radius 1 is 0.957 bits per heavy atom. The van der Waals surface area contributed by atoms with Gasteiger partial charge in [0.25, 0.3) is 0 Å². The first kappa shape index (κ1) is 17.3. The number of aryl methyl sites for hydroxylation is 1. The average molecular weight is 315 g/mol. The maximum Gasteiger partial charge on any atom is 0.160 e. The summed E-state index contributed by atoms with van der Waals surface area (Å²) in [6.07, 6.45) is 0. The van der Waals surface area contributed by atoms with Crippen LogP contribution >= 0.6 is 0 Å². The molecule has 0 aliphatic rings. The first-order valence-corrected chi connectivity index (χ1v) is 7.75. The summed E-state index contributed by atoms with van der Waals surface area (Å²) in [6.45, 7) is 5.18. The number of phenols is 1. The molecule has 4 heteroatoms. The van der Waals surface area contributed by atoms with Gasteiger partial charge < -0.3 is 14.6 Å². The molecule has 0 saturated heterocycles. The molecule has 0 saturated carbocycles. The lowest BCUT2D eigenvalue weighted by Gasteiger charge is -2.22. The van der Waals surface area contributed by atoms with E-state index in [1.54, 1.807) is 26.4 Å². The van der Waals surface area contributed by atoms with Crippen molar-refractivity contribution >= 4 is 0 Å². The van der Waals surface area contributed by atoms with Crippen LogP contribution in [0.15, 0.2) is 42.5 Å². The summed E-state index contributed by atoms with van der Waals surface area (Å²) in [4.78, 5) is 2.30. The van der Waals surface area contributed by atoms with Gasteiger partial charge in [0, 0.05) is 26.7 Å². The van der Waals surface area contributed by atoms with E-state index in [0.29, 0.717) is 12.4 Å². The number of phenolic OH excluding ortho intramolecular Hbond substituents is 1. The maximum absolute atomic E-state index is 9.93. The van der Waals surface area contributed by atoms with Crippen molar-refractivity contribution in [2.75, 3.05) is 27.4 Å². The Morgan fingerprint density at radius 2 is 1.61 bits per heavy atom. The van der Waals surface area contributed by atoms with E-state index in [1.165, 1.54) is 11.1 Å². The highest BCUT2D eigenvalue weighted by molar-refractivity contribution is 5.41. The fraction of sp³-hybridized carbons (Fsp3) is 0.368. The molecule has 0 spiro atoms. The molecule has 2 aromatic rings. The van der Waals surface area contributed by atoms with Gasteiger partial charge in [0.15, 0.2) is 11.5 Å². The SMILES string of the molecule is COCCN(Cc1ccc(C)cc1)Cc1ccc(OC)c(O)c1. The average Bonchev–Trinajstić information content (AvgIpc) is 2.55. The molecule has 2 rings (SSSR count). The van der Waals surface area contributed by atoms with Gasteiger partial charge >= 0.3 is 0 Å². The second-order valence-corrected chi connectivity index (χ2v) is 5.70. The summed E-state index contributed by atoms with van der Waals surface area (Å²) < 4.78 is 10.3. The summed E-state index contributed by atoms with van der Waals surface area (Å²) in [5.74, 6) is 0.669. The molecule has 0 fully saturated rings. The predicted molar refractivity (Wildman–Crippen MR) is 91.8 cm³/mol. The number of hydrogen-bond donors (Lipinski definition) is 1. The fourth-order valence-corrected chi connectivity index (χ4v) is 2.48. The molecule has 0 atom stereocenters. The number of hydrogen-bond acceptors (Lipinski definition) is 4. The second kappa shape index (κ2) is 8.56. The number of benzene rings is 2. The third-order valence-corrected chi connectivity index (χ3v) is 3.79. The van der Waals surface area contributed by atoms with Crippen molar-refractivity contribution in [2.24, 2.45) is 0 Å². The Bertz CT molecular complexity index is 611. The molecular formula is C19H25NO3. The van der Waals surface area contributed by atoms with Gasteiger partial charge in [-0.1, -0.05) is 35.9 Å². The lowest BCUT2D eigenvalue weighted by molar-refractivity contribution is 0.140. The van der Waals surface area contributed by atoms with Crippen LogP contribution in [0.1, 0.15) is 16.7 Å². The predicted octanol–water partition coefficient (Wildman–Crippen LogP) is 3.36. The maximum atomic E-state index is 9.93. The molecular weight excluding hydrogens is 290 g/mol. The van der Waals surface area contributed by atoms with Crippen molar-refractivity contribution in [3.8, 4) is 11.5 Å². The number of nitrogens with zero attached hydrogens (tertiary/aromatic N) is 1. The molecule has 0 aliphatic carbocycles. The van der Waals surface area contributed by atoms with Crippen molar-refractivity contribution in [3.05, 3.63) is 59.2 Å². The molecule has 124 valence electrons. The lowest BCUT2D eigenvalue weighted by Crippen LogP contribution is -2.26. The lowest BCUT2D eigenvalue weighted by atomic mass is 10.1. The minimum Gasteiger partial charge on any atom is -0.504 e. The monoisotopic (exact) mass is 315 g/mol. The van der Waals surface area contributed by atoms with Gasteiger partial charge in [0.05, 0.1) is 13.7 Å². The molecule has 1 N–H and O–H groups in total. The van der Waals surface area contributed by atoms with Crippen LogP contribution in [0.2, 0.25) is 0 Å².